The molecule has 4 fully saturated rings. The number of anilines is 1. The quantitative estimate of drug-likeness (QED) is 0.714. The van der Waals surface area contributed by atoms with Gasteiger partial charge in [0.15, 0.2) is 5.13 Å². The van der Waals surface area contributed by atoms with E-state index in [1.165, 1.54) is 49.9 Å². The molecule has 5 nitrogen and oxygen atoms in total. The summed E-state index contributed by atoms with van der Waals surface area (Å²) in [5, 5.41) is 8.24. The van der Waals surface area contributed by atoms with Gasteiger partial charge in [-0.3, -0.25) is 9.59 Å². The maximum atomic E-state index is 12.3. The molecule has 1 aromatic heterocycles. The second kappa shape index (κ2) is 7.80. The molecule has 0 aliphatic heterocycles. The summed E-state index contributed by atoms with van der Waals surface area (Å²) >= 11 is 1.48. The average molecular weight is 424 g/mol. The number of carbonyl (C=O) groups is 2. The smallest absolute Gasteiger partial charge is 0.251 e. The molecule has 4 bridgehead atoms. The van der Waals surface area contributed by atoms with Crippen molar-refractivity contribution in [2.24, 2.45) is 23.2 Å². The highest BCUT2D eigenvalue weighted by Gasteiger charge is 2.50. The van der Waals surface area contributed by atoms with Crippen LogP contribution in [0.15, 0.2) is 29.6 Å². The van der Waals surface area contributed by atoms with Crippen LogP contribution in [0.1, 0.15) is 60.1 Å². The van der Waals surface area contributed by atoms with Gasteiger partial charge in [0.1, 0.15) is 0 Å². The molecule has 0 unspecified atom stereocenters. The Morgan fingerprint density at radius 1 is 1.07 bits per heavy atom. The number of nitrogens with one attached hydrogen (secondary N) is 2. The lowest BCUT2D eigenvalue weighted by Crippen LogP contribution is -2.47. The van der Waals surface area contributed by atoms with Crippen LogP contribution in [0.2, 0.25) is 0 Å². The Hall–Kier alpha value is -2.21. The van der Waals surface area contributed by atoms with Crippen LogP contribution in [0.5, 0.6) is 0 Å². The van der Waals surface area contributed by atoms with Gasteiger partial charge >= 0.3 is 0 Å². The fourth-order valence-electron chi connectivity index (χ4n) is 6.47. The average Bonchev–Trinajstić information content (AvgIpc) is 3.11. The first kappa shape index (κ1) is 19.7. The molecule has 4 aliphatic rings. The molecule has 0 saturated heterocycles. The van der Waals surface area contributed by atoms with E-state index in [2.05, 4.69) is 16.0 Å². The number of benzene rings is 1. The molecule has 2 aromatic rings. The molecular formula is C24H29N3O2S. The summed E-state index contributed by atoms with van der Waals surface area (Å²) in [6.07, 6.45) is 9.49. The highest BCUT2D eigenvalue weighted by Crippen LogP contribution is 2.61. The van der Waals surface area contributed by atoms with Crippen molar-refractivity contribution in [1.82, 2.24) is 10.3 Å². The minimum absolute atomic E-state index is 0.0589. The SMILES string of the molecule is Cc1ccc(C(=O)NCC(=O)Nc2nc(CC34CC5CC(CC(C5)C3)C4)cs2)cc1. The maximum absolute atomic E-state index is 12.3. The van der Waals surface area contributed by atoms with Gasteiger partial charge in [0.2, 0.25) is 5.91 Å². The Kier molecular flexibility index (Phi) is 5.13. The van der Waals surface area contributed by atoms with Gasteiger partial charge in [0.25, 0.3) is 5.91 Å². The summed E-state index contributed by atoms with van der Waals surface area (Å²) < 4.78 is 0. The molecule has 4 saturated carbocycles. The van der Waals surface area contributed by atoms with E-state index in [0.717, 1.165) is 35.4 Å². The van der Waals surface area contributed by atoms with Crippen molar-refractivity contribution in [2.75, 3.05) is 11.9 Å². The number of aryl methyl sites for hydroxylation is 1. The van der Waals surface area contributed by atoms with Crippen LogP contribution in [0.3, 0.4) is 0 Å². The minimum Gasteiger partial charge on any atom is -0.343 e. The molecule has 2 amide bonds. The standard InChI is InChI=1S/C24H29N3O2S/c1-15-2-4-19(5-3-15)22(29)25-13-21(28)27-23-26-20(14-30-23)12-24-9-16-6-17(10-24)8-18(7-16)11-24/h2-5,14,16-18H,6-13H2,1H3,(H,25,29)(H,26,27,28). The van der Waals surface area contributed by atoms with E-state index >= 15 is 0 Å². The van der Waals surface area contributed by atoms with Crippen LogP contribution >= 0.6 is 11.3 Å². The van der Waals surface area contributed by atoms with Crippen LogP contribution in [-0.2, 0) is 11.2 Å². The van der Waals surface area contributed by atoms with Crippen LogP contribution in [0, 0.1) is 30.1 Å². The third-order valence-corrected chi connectivity index (χ3v) is 8.05. The number of carbonyl (C=O) groups excluding carboxylic acids is 2. The predicted octanol–water partition coefficient (Wildman–Crippen LogP) is 4.58. The topological polar surface area (TPSA) is 71.1 Å². The third kappa shape index (κ3) is 4.15. The van der Waals surface area contributed by atoms with Crippen molar-refractivity contribution >= 4 is 28.3 Å². The largest absolute Gasteiger partial charge is 0.343 e. The Bertz CT molecular complexity index is 914. The molecule has 0 radical (unpaired) electrons. The van der Waals surface area contributed by atoms with E-state index in [9.17, 15) is 9.59 Å². The number of hydrogen-bond donors (Lipinski definition) is 2. The maximum Gasteiger partial charge on any atom is 0.251 e. The van der Waals surface area contributed by atoms with Gasteiger partial charge in [0, 0.05) is 10.9 Å². The molecule has 2 N–H and O–H groups in total. The number of thiazole rings is 1. The lowest BCUT2D eigenvalue weighted by molar-refractivity contribution is -0.115. The van der Waals surface area contributed by atoms with Crippen molar-refractivity contribution in [3.8, 4) is 0 Å². The molecule has 0 spiro atoms. The summed E-state index contributed by atoms with van der Waals surface area (Å²) in [4.78, 5) is 29.1. The zero-order valence-electron chi connectivity index (χ0n) is 17.4. The normalized spacial score (nSPS) is 29.0. The molecule has 6 heteroatoms. The van der Waals surface area contributed by atoms with E-state index in [1.54, 1.807) is 12.1 Å². The predicted molar refractivity (Wildman–Crippen MR) is 119 cm³/mol. The molecular weight excluding hydrogens is 394 g/mol. The molecule has 1 aromatic carbocycles. The van der Waals surface area contributed by atoms with Gasteiger partial charge in [-0.25, -0.2) is 4.98 Å². The molecule has 1 heterocycles. The highest BCUT2D eigenvalue weighted by atomic mass is 32.1. The Morgan fingerprint density at radius 2 is 1.70 bits per heavy atom. The monoisotopic (exact) mass is 423 g/mol. The summed E-state index contributed by atoms with van der Waals surface area (Å²) in [6.45, 7) is 1.91. The van der Waals surface area contributed by atoms with E-state index < -0.39 is 0 Å². The van der Waals surface area contributed by atoms with Crippen LogP contribution in [-0.4, -0.2) is 23.3 Å². The zero-order valence-corrected chi connectivity index (χ0v) is 18.3. The van der Waals surface area contributed by atoms with Crippen LogP contribution < -0.4 is 10.6 Å². The first-order valence-electron chi connectivity index (χ1n) is 11.1. The van der Waals surface area contributed by atoms with E-state index in [-0.39, 0.29) is 18.4 Å². The Balaban J connectivity index is 1.14. The Labute approximate surface area is 181 Å². The summed E-state index contributed by atoms with van der Waals surface area (Å²) in [7, 11) is 0. The molecule has 4 aliphatic carbocycles. The summed E-state index contributed by atoms with van der Waals surface area (Å²) in [5.41, 5.74) is 3.21. The second-order valence-corrected chi connectivity index (χ2v) is 10.7. The zero-order chi connectivity index (χ0) is 20.7. The fourth-order valence-corrected chi connectivity index (χ4v) is 7.19. The van der Waals surface area contributed by atoms with Crippen molar-refractivity contribution < 1.29 is 9.59 Å². The van der Waals surface area contributed by atoms with Crippen LogP contribution in [0.4, 0.5) is 5.13 Å². The molecule has 6 rings (SSSR count). The van der Waals surface area contributed by atoms with Gasteiger partial charge in [-0.05, 0) is 87.2 Å². The number of nitrogens with zero attached hydrogens (tertiary/aromatic N) is 1. The fraction of sp³-hybridized carbons (Fsp3) is 0.542. The van der Waals surface area contributed by atoms with Gasteiger partial charge in [-0.1, -0.05) is 17.7 Å². The summed E-state index contributed by atoms with van der Waals surface area (Å²) in [5.74, 6) is 2.32. The van der Waals surface area contributed by atoms with Crippen molar-refractivity contribution in [3.63, 3.8) is 0 Å². The van der Waals surface area contributed by atoms with E-state index in [0.29, 0.717) is 16.1 Å². The van der Waals surface area contributed by atoms with Gasteiger partial charge in [-0.15, -0.1) is 11.3 Å². The van der Waals surface area contributed by atoms with Crippen molar-refractivity contribution in [1.29, 1.82) is 0 Å². The third-order valence-electron chi connectivity index (χ3n) is 7.24. The highest BCUT2D eigenvalue weighted by molar-refractivity contribution is 7.13. The molecule has 0 atom stereocenters. The number of amides is 2. The first-order chi connectivity index (χ1) is 14.5. The lowest BCUT2D eigenvalue weighted by atomic mass is 9.48. The van der Waals surface area contributed by atoms with Crippen molar-refractivity contribution in [2.45, 2.75) is 51.9 Å². The molecule has 158 valence electrons. The summed E-state index contributed by atoms with van der Waals surface area (Å²) in [6, 6.07) is 7.30. The van der Waals surface area contributed by atoms with Gasteiger partial charge < -0.3 is 10.6 Å². The van der Waals surface area contributed by atoms with Crippen molar-refractivity contribution in [3.05, 3.63) is 46.5 Å². The number of hydrogen-bond acceptors (Lipinski definition) is 4. The molecule has 30 heavy (non-hydrogen) atoms. The van der Waals surface area contributed by atoms with Crippen LogP contribution in [0.25, 0.3) is 0 Å². The van der Waals surface area contributed by atoms with E-state index in [1.807, 2.05) is 19.1 Å². The number of rotatable bonds is 6. The Morgan fingerprint density at radius 3 is 2.33 bits per heavy atom. The minimum atomic E-state index is -0.244. The number of aromatic nitrogens is 1. The lowest BCUT2D eigenvalue weighted by Gasteiger charge is -2.56. The van der Waals surface area contributed by atoms with Gasteiger partial charge in [-0.2, -0.15) is 0 Å². The van der Waals surface area contributed by atoms with Gasteiger partial charge in [0.05, 0.1) is 12.2 Å². The first-order valence-corrected chi connectivity index (χ1v) is 11.9. The second-order valence-electron chi connectivity index (χ2n) is 9.84. The van der Waals surface area contributed by atoms with E-state index in [4.69, 9.17) is 4.98 Å².